The van der Waals surface area contributed by atoms with E-state index in [1.807, 2.05) is 48.5 Å². The minimum Gasteiger partial charge on any atom is -0.386 e. The second kappa shape index (κ2) is 6.85. The monoisotopic (exact) mass is 283 g/mol. The van der Waals surface area contributed by atoms with E-state index < -0.39 is 6.10 Å². The lowest BCUT2D eigenvalue weighted by Gasteiger charge is -2.37. The fourth-order valence-electron chi connectivity index (χ4n) is 2.93. The van der Waals surface area contributed by atoms with Gasteiger partial charge in [0.1, 0.15) is 0 Å². The van der Waals surface area contributed by atoms with Crippen molar-refractivity contribution < 1.29 is 9.84 Å². The normalized spacial score (nSPS) is 19.1. The molecule has 1 heterocycles. The van der Waals surface area contributed by atoms with Crippen LogP contribution in [-0.4, -0.2) is 36.3 Å². The minimum atomic E-state index is -0.535. The fraction of sp³-hybridized carbons (Fsp3) is 0.333. The molecule has 1 saturated heterocycles. The van der Waals surface area contributed by atoms with Gasteiger partial charge in [-0.3, -0.25) is 4.90 Å². The van der Waals surface area contributed by atoms with E-state index >= 15 is 0 Å². The number of ether oxygens (including phenoxy) is 1. The van der Waals surface area contributed by atoms with Gasteiger partial charge in [0.25, 0.3) is 0 Å². The summed E-state index contributed by atoms with van der Waals surface area (Å²) in [6.45, 7) is 3.16. The van der Waals surface area contributed by atoms with E-state index in [-0.39, 0.29) is 6.04 Å². The molecule has 0 aliphatic carbocycles. The van der Waals surface area contributed by atoms with E-state index in [0.29, 0.717) is 0 Å². The summed E-state index contributed by atoms with van der Waals surface area (Å²) in [5, 5.41) is 10.9. The van der Waals surface area contributed by atoms with Crippen LogP contribution in [0.2, 0.25) is 0 Å². The van der Waals surface area contributed by atoms with E-state index in [1.54, 1.807) is 0 Å². The Bertz CT molecular complexity index is 538. The van der Waals surface area contributed by atoms with Crippen molar-refractivity contribution in [1.29, 1.82) is 0 Å². The Balaban J connectivity index is 1.92. The van der Waals surface area contributed by atoms with Crippen molar-refractivity contribution in [2.24, 2.45) is 0 Å². The molecule has 110 valence electrons. The van der Waals surface area contributed by atoms with Gasteiger partial charge in [-0.05, 0) is 11.1 Å². The van der Waals surface area contributed by atoms with Gasteiger partial charge in [-0.2, -0.15) is 0 Å². The smallest absolute Gasteiger partial charge is 0.0986 e. The number of aliphatic hydroxyl groups is 1. The molecule has 3 nitrogen and oxygen atoms in total. The molecule has 21 heavy (non-hydrogen) atoms. The zero-order valence-electron chi connectivity index (χ0n) is 12.1. The van der Waals surface area contributed by atoms with Crippen LogP contribution < -0.4 is 0 Å². The first-order valence-electron chi connectivity index (χ1n) is 7.46. The quantitative estimate of drug-likeness (QED) is 0.936. The van der Waals surface area contributed by atoms with Crippen LogP contribution in [0.4, 0.5) is 0 Å². The predicted octanol–water partition coefficient (Wildman–Crippen LogP) is 2.79. The second-order valence-corrected chi connectivity index (χ2v) is 5.36. The number of morpholine rings is 1. The summed E-state index contributed by atoms with van der Waals surface area (Å²) in [7, 11) is 0. The van der Waals surface area contributed by atoms with E-state index in [4.69, 9.17) is 4.74 Å². The molecule has 0 saturated carbocycles. The lowest BCUT2D eigenvalue weighted by Crippen LogP contribution is -2.41. The average molecular weight is 283 g/mol. The molecule has 3 rings (SSSR count). The van der Waals surface area contributed by atoms with Gasteiger partial charge >= 0.3 is 0 Å². The Kier molecular flexibility index (Phi) is 4.65. The number of rotatable bonds is 4. The van der Waals surface area contributed by atoms with Crippen LogP contribution in [0.15, 0.2) is 60.7 Å². The number of hydrogen-bond donors (Lipinski definition) is 1. The van der Waals surface area contributed by atoms with E-state index in [1.165, 1.54) is 0 Å². The number of hydrogen-bond acceptors (Lipinski definition) is 3. The molecule has 2 atom stereocenters. The average Bonchev–Trinajstić information content (AvgIpc) is 2.58. The highest BCUT2D eigenvalue weighted by Crippen LogP contribution is 2.34. The highest BCUT2D eigenvalue weighted by molar-refractivity contribution is 5.26. The van der Waals surface area contributed by atoms with Crippen molar-refractivity contribution in [2.45, 2.75) is 12.1 Å². The van der Waals surface area contributed by atoms with Crippen molar-refractivity contribution in [1.82, 2.24) is 4.90 Å². The Morgan fingerprint density at radius 3 is 1.90 bits per heavy atom. The highest BCUT2D eigenvalue weighted by atomic mass is 16.5. The number of nitrogens with zero attached hydrogens (tertiary/aromatic N) is 1. The van der Waals surface area contributed by atoms with Crippen molar-refractivity contribution in [3.05, 3.63) is 71.8 Å². The van der Waals surface area contributed by atoms with Crippen LogP contribution in [0.1, 0.15) is 23.3 Å². The highest BCUT2D eigenvalue weighted by Gasteiger charge is 2.29. The van der Waals surface area contributed by atoms with Crippen LogP contribution in [0.5, 0.6) is 0 Å². The van der Waals surface area contributed by atoms with Gasteiger partial charge in [0.05, 0.1) is 25.4 Å². The molecule has 1 aliphatic heterocycles. The zero-order valence-corrected chi connectivity index (χ0v) is 12.1. The molecular formula is C18H21NO2. The molecule has 1 N–H and O–H groups in total. The Morgan fingerprint density at radius 2 is 1.33 bits per heavy atom. The summed E-state index contributed by atoms with van der Waals surface area (Å²) in [6, 6.07) is 20.1. The van der Waals surface area contributed by atoms with Crippen molar-refractivity contribution in [3.8, 4) is 0 Å². The number of benzene rings is 2. The second-order valence-electron chi connectivity index (χ2n) is 5.36. The maximum Gasteiger partial charge on any atom is 0.0986 e. The summed E-state index contributed by atoms with van der Waals surface area (Å²) in [6.07, 6.45) is -0.535. The molecule has 1 fully saturated rings. The van der Waals surface area contributed by atoms with Gasteiger partial charge in [-0.15, -0.1) is 0 Å². The Labute approximate surface area is 125 Å². The van der Waals surface area contributed by atoms with Gasteiger partial charge in [-0.1, -0.05) is 60.7 Å². The van der Waals surface area contributed by atoms with Crippen molar-refractivity contribution in [2.75, 3.05) is 26.3 Å². The topological polar surface area (TPSA) is 32.7 Å². The van der Waals surface area contributed by atoms with E-state index in [0.717, 1.165) is 37.4 Å². The van der Waals surface area contributed by atoms with Crippen molar-refractivity contribution >= 4 is 0 Å². The lowest BCUT2D eigenvalue weighted by atomic mass is 9.94. The van der Waals surface area contributed by atoms with Gasteiger partial charge in [0.2, 0.25) is 0 Å². The van der Waals surface area contributed by atoms with E-state index in [2.05, 4.69) is 17.0 Å². The van der Waals surface area contributed by atoms with Crippen LogP contribution in [-0.2, 0) is 4.74 Å². The maximum atomic E-state index is 10.9. The number of aliphatic hydroxyl groups excluding tert-OH is 1. The molecular weight excluding hydrogens is 262 g/mol. The Hall–Kier alpha value is -1.68. The third-order valence-electron chi connectivity index (χ3n) is 4.02. The standard InChI is InChI=1S/C18H21NO2/c20-18(16-9-5-2-6-10-16)17(15-7-3-1-4-8-15)19-11-13-21-14-12-19/h1-10,17-18,20H,11-14H2/t17-,18-/m1/s1. The first-order chi connectivity index (χ1) is 10.4. The first kappa shape index (κ1) is 14.3. The zero-order chi connectivity index (χ0) is 14.5. The predicted molar refractivity (Wildman–Crippen MR) is 83.0 cm³/mol. The molecule has 0 spiro atoms. The minimum absolute atomic E-state index is 0.0301. The summed E-state index contributed by atoms with van der Waals surface area (Å²) >= 11 is 0. The lowest BCUT2D eigenvalue weighted by molar-refractivity contribution is -0.0238. The third kappa shape index (κ3) is 3.32. The van der Waals surface area contributed by atoms with Crippen LogP contribution in [0.25, 0.3) is 0 Å². The van der Waals surface area contributed by atoms with Gasteiger partial charge in [-0.25, -0.2) is 0 Å². The molecule has 1 aliphatic rings. The molecule has 0 aromatic heterocycles. The molecule has 3 heteroatoms. The van der Waals surface area contributed by atoms with E-state index in [9.17, 15) is 5.11 Å². The van der Waals surface area contributed by atoms with Gasteiger partial charge in [0, 0.05) is 13.1 Å². The summed E-state index contributed by atoms with van der Waals surface area (Å²) < 4.78 is 5.45. The molecule has 0 radical (unpaired) electrons. The largest absolute Gasteiger partial charge is 0.386 e. The van der Waals surface area contributed by atoms with Gasteiger partial charge < -0.3 is 9.84 Å². The molecule has 2 aromatic rings. The summed E-state index contributed by atoms with van der Waals surface area (Å²) in [4.78, 5) is 2.32. The van der Waals surface area contributed by atoms with Crippen LogP contribution in [0.3, 0.4) is 0 Å². The Morgan fingerprint density at radius 1 is 0.810 bits per heavy atom. The molecule has 2 aromatic carbocycles. The molecule has 0 unspecified atom stereocenters. The first-order valence-corrected chi connectivity index (χ1v) is 7.46. The fourth-order valence-corrected chi connectivity index (χ4v) is 2.93. The molecule has 0 bridgehead atoms. The van der Waals surface area contributed by atoms with Crippen LogP contribution in [0, 0.1) is 0 Å². The molecule has 0 amide bonds. The van der Waals surface area contributed by atoms with Crippen LogP contribution >= 0.6 is 0 Å². The van der Waals surface area contributed by atoms with Gasteiger partial charge in [0.15, 0.2) is 0 Å². The maximum absolute atomic E-state index is 10.9. The van der Waals surface area contributed by atoms with Crippen molar-refractivity contribution in [3.63, 3.8) is 0 Å². The third-order valence-corrected chi connectivity index (χ3v) is 4.02. The SMILES string of the molecule is O[C@H](c1ccccc1)[C@@H](c1ccccc1)N1CCOCC1. The summed E-state index contributed by atoms with van der Waals surface area (Å²) in [5.41, 5.74) is 2.11. The summed E-state index contributed by atoms with van der Waals surface area (Å²) in [5.74, 6) is 0.